The zero-order chi connectivity index (χ0) is 34.0. The molecule has 0 N–H and O–H groups in total. The van der Waals surface area contributed by atoms with Crippen LogP contribution in [0.5, 0.6) is 23.0 Å². The van der Waals surface area contributed by atoms with Crippen molar-refractivity contribution in [1.29, 1.82) is 0 Å². The lowest BCUT2D eigenvalue weighted by atomic mass is 9.65. The van der Waals surface area contributed by atoms with Crippen LogP contribution in [0.2, 0.25) is 0 Å². The van der Waals surface area contributed by atoms with Gasteiger partial charge in [-0.3, -0.25) is 0 Å². The van der Waals surface area contributed by atoms with Crippen LogP contribution in [0, 0.1) is 0 Å². The van der Waals surface area contributed by atoms with E-state index in [-0.39, 0.29) is 0 Å². The molecule has 0 atom stereocenters. The highest BCUT2D eigenvalue weighted by molar-refractivity contribution is 5.97. The smallest absolute Gasteiger partial charge is 0.132 e. The van der Waals surface area contributed by atoms with Crippen LogP contribution in [0.25, 0.3) is 33.4 Å². The van der Waals surface area contributed by atoms with E-state index in [1.54, 1.807) is 0 Å². The van der Waals surface area contributed by atoms with Crippen LogP contribution in [0.1, 0.15) is 44.5 Å². The predicted molar refractivity (Wildman–Crippen MR) is 207 cm³/mol. The van der Waals surface area contributed by atoms with Crippen molar-refractivity contribution in [2.45, 2.75) is 10.8 Å². The first kappa shape index (κ1) is 28.1. The highest BCUT2D eigenvalue weighted by Gasteiger charge is 2.53. The van der Waals surface area contributed by atoms with E-state index in [1.807, 2.05) is 0 Å². The van der Waals surface area contributed by atoms with E-state index in [2.05, 4.69) is 182 Å². The molecular formula is C50H30O2. The zero-order valence-corrected chi connectivity index (χ0v) is 28.1. The summed E-state index contributed by atoms with van der Waals surface area (Å²) in [5.41, 5.74) is 16.2. The first-order chi connectivity index (χ1) is 25.8. The van der Waals surface area contributed by atoms with Crippen LogP contribution < -0.4 is 9.47 Å². The highest BCUT2D eigenvalue weighted by atomic mass is 16.5. The Hall–Kier alpha value is -6.64. The van der Waals surface area contributed by atoms with Gasteiger partial charge in [0.25, 0.3) is 0 Å². The van der Waals surface area contributed by atoms with E-state index in [0.717, 1.165) is 23.0 Å². The van der Waals surface area contributed by atoms with E-state index in [0.29, 0.717) is 0 Å². The quantitative estimate of drug-likeness (QED) is 0.174. The molecule has 8 aromatic carbocycles. The van der Waals surface area contributed by atoms with Crippen molar-refractivity contribution in [3.8, 4) is 56.4 Å². The molecule has 2 aliphatic carbocycles. The molecule has 8 aromatic rings. The second-order valence-corrected chi connectivity index (χ2v) is 14.3. The van der Waals surface area contributed by atoms with Crippen molar-refractivity contribution in [3.05, 3.63) is 226 Å². The van der Waals surface area contributed by atoms with Gasteiger partial charge in [0.1, 0.15) is 23.0 Å². The average molecular weight is 663 g/mol. The Kier molecular flexibility index (Phi) is 5.40. The topological polar surface area (TPSA) is 18.5 Å². The number of fused-ring (bicyclic) bond motifs is 18. The summed E-state index contributed by atoms with van der Waals surface area (Å²) in [5.74, 6) is 3.60. The second kappa shape index (κ2) is 9.99. The van der Waals surface area contributed by atoms with Gasteiger partial charge in [0.15, 0.2) is 0 Å². The third-order valence-corrected chi connectivity index (χ3v) is 12.0. The van der Waals surface area contributed by atoms with Crippen molar-refractivity contribution < 1.29 is 9.47 Å². The summed E-state index contributed by atoms with van der Waals surface area (Å²) >= 11 is 0. The third-order valence-electron chi connectivity index (χ3n) is 12.0. The van der Waals surface area contributed by atoms with Gasteiger partial charge in [-0.05, 0) is 86.0 Å². The molecule has 0 fully saturated rings. The fourth-order valence-electron chi connectivity index (χ4n) is 10.2. The van der Waals surface area contributed by atoms with Crippen molar-refractivity contribution in [3.63, 3.8) is 0 Å². The second-order valence-electron chi connectivity index (χ2n) is 14.3. The molecule has 2 heterocycles. The number of para-hydroxylation sites is 3. The summed E-state index contributed by atoms with van der Waals surface area (Å²) < 4.78 is 13.4. The number of ether oxygens (including phenoxy) is 2. The standard InChI is InChI=1S/C50H30O2/c1-4-18-36-33(14-1)34-15-2-5-19-37(34)49(36)39-21-7-10-25-44(39)52-47-29-28-31(30-43(47)49)32-17-13-24-42-48(32)35-16-3-6-20-38(35)50(42)40-22-8-11-26-45(40)51-46-27-12-9-23-41(46)50/h1-30H. The molecule has 4 aliphatic rings. The maximum atomic E-state index is 6.79. The van der Waals surface area contributed by atoms with Gasteiger partial charge in [0, 0.05) is 22.3 Å². The molecule has 52 heavy (non-hydrogen) atoms. The monoisotopic (exact) mass is 662 g/mol. The van der Waals surface area contributed by atoms with Crippen LogP contribution in [-0.2, 0) is 10.8 Å². The van der Waals surface area contributed by atoms with Crippen molar-refractivity contribution >= 4 is 0 Å². The van der Waals surface area contributed by atoms with E-state index in [9.17, 15) is 0 Å². The third kappa shape index (κ3) is 3.27. The Morgan fingerprint density at radius 2 is 0.654 bits per heavy atom. The van der Waals surface area contributed by atoms with E-state index >= 15 is 0 Å². The maximum Gasteiger partial charge on any atom is 0.132 e. The zero-order valence-electron chi connectivity index (χ0n) is 28.1. The van der Waals surface area contributed by atoms with Gasteiger partial charge in [-0.25, -0.2) is 0 Å². The highest BCUT2D eigenvalue weighted by Crippen LogP contribution is 2.65. The summed E-state index contributed by atoms with van der Waals surface area (Å²) in [5, 5.41) is 0. The lowest BCUT2D eigenvalue weighted by Gasteiger charge is -2.40. The van der Waals surface area contributed by atoms with Crippen molar-refractivity contribution in [1.82, 2.24) is 0 Å². The molecule has 2 nitrogen and oxygen atoms in total. The summed E-state index contributed by atoms with van der Waals surface area (Å²) in [6.45, 7) is 0. The number of rotatable bonds is 1. The van der Waals surface area contributed by atoms with Crippen LogP contribution in [-0.4, -0.2) is 0 Å². The minimum atomic E-state index is -0.525. The summed E-state index contributed by atoms with van der Waals surface area (Å²) in [6, 6.07) is 66.3. The maximum absolute atomic E-state index is 6.79. The van der Waals surface area contributed by atoms with Gasteiger partial charge in [-0.2, -0.15) is 0 Å². The van der Waals surface area contributed by atoms with Crippen LogP contribution >= 0.6 is 0 Å². The molecule has 2 heteroatoms. The van der Waals surface area contributed by atoms with E-state index < -0.39 is 10.8 Å². The first-order valence-electron chi connectivity index (χ1n) is 18.0. The van der Waals surface area contributed by atoms with Crippen LogP contribution in [0.3, 0.4) is 0 Å². The molecular weight excluding hydrogens is 633 g/mol. The van der Waals surface area contributed by atoms with Crippen molar-refractivity contribution in [2.24, 2.45) is 0 Å². The van der Waals surface area contributed by atoms with Gasteiger partial charge in [0.05, 0.1) is 10.8 Å². The fraction of sp³-hybridized carbons (Fsp3) is 0.0400. The Morgan fingerprint density at radius 3 is 1.21 bits per heavy atom. The molecule has 0 bridgehead atoms. The number of hydrogen-bond acceptors (Lipinski definition) is 2. The molecule has 0 aromatic heterocycles. The Labute approximate surface area is 302 Å². The lowest BCUT2D eigenvalue weighted by molar-refractivity contribution is 0.436. The van der Waals surface area contributed by atoms with Gasteiger partial charge in [-0.1, -0.05) is 152 Å². The Morgan fingerprint density at radius 1 is 0.269 bits per heavy atom. The van der Waals surface area contributed by atoms with E-state index in [1.165, 1.54) is 77.9 Å². The summed E-state index contributed by atoms with van der Waals surface area (Å²) in [6.07, 6.45) is 0. The minimum Gasteiger partial charge on any atom is -0.457 e. The van der Waals surface area contributed by atoms with Crippen molar-refractivity contribution in [2.75, 3.05) is 0 Å². The minimum absolute atomic E-state index is 0.520. The molecule has 242 valence electrons. The van der Waals surface area contributed by atoms with Gasteiger partial charge >= 0.3 is 0 Å². The first-order valence-corrected chi connectivity index (χ1v) is 18.0. The average Bonchev–Trinajstić information content (AvgIpc) is 3.67. The Balaban J connectivity index is 1.17. The Bertz CT molecular complexity index is 2730. The van der Waals surface area contributed by atoms with E-state index in [4.69, 9.17) is 9.47 Å². The van der Waals surface area contributed by atoms with Gasteiger partial charge in [0.2, 0.25) is 0 Å². The van der Waals surface area contributed by atoms with Crippen LogP contribution in [0.15, 0.2) is 182 Å². The molecule has 0 saturated carbocycles. The molecule has 0 amide bonds. The molecule has 12 rings (SSSR count). The normalized spacial score (nSPS) is 15.2. The largest absolute Gasteiger partial charge is 0.457 e. The number of hydrogen-bond donors (Lipinski definition) is 0. The van der Waals surface area contributed by atoms with Gasteiger partial charge in [-0.15, -0.1) is 0 Å². The summed E-state index contributed by atoms with van der Waals surface area (Å²) in [4.78, 5) is 0. The fourth-order valence-corrected chi connectivity index (χ4v) is 10.2. The lowest BCUT2D eigenvalue weighted by Crippen LogP contribution is -2.32. The summed E-state index contributed by atoms with van der Waals surface area (Å²) in [7, 11) is 0. The molecule has 0 saturated heterocycles. The molecule has 2 aliphatic heterocycles. The molecule has 2 spiro atoms. The SMILES string of the molecule is c1ccc2c(c1)Oc1ccc(-c3cccc4c3-c3ccccc3C43c4ccccc4Oc4ccccc43)cc1C21c2ccccc2-c2ccccc21. The van der Waals surface area contributed by atoms with Gasteiger partial charge < -0.3 is 9.47 Å². The molecule has 0 unspecified atom stereocenters. The number of benzene rings is 8. The predicted octanol–water partition coefficient (Wildman–Crippen LogP) is 12.3. The van der Waals surface area contributed by atoms with Crippen LogP contribution in [0.4, 0.5) is 0 Å². The molecule has 0 radical (unpaired) electrons.